The summed E-state index contributed by atoms with van der Waals surface area (Å²) in [7, 11) is 3.23. The lowest BCUT2D eigenvalue weighted by atomic mass is 9.88. The maximum Gasteiger partial charge on any atom is 0.348 e. The van der Waals surface area contributed by atoms with Crippen LogP contribution in [-0.4, -0.2) is 76.4 Å². The lowest BCUT2D eigenvalue weighted by Crippen LogP contribution is -2.45. The number of anilines is 1. The van der Waals surface area contributed by atoms with Crippen LogP contribution in [0.3, 0.4) is 0 Å². The van der Waals surface area contributed by atoms with Gasteiger partial charge in [0.05, 0.1) is 27.9 Å². The van der Waals surface area contributed by atoms with Crippen molar-refractivity contribution in [3.8, 4) is 11.5 Å². The Morgan fingerprint density at radius 2 is 2.17 bits per heavy atom. The summed E-state index contributed by atoms with van der Waals surface area (Å²) in [6.07, 6.45) is 4.17. The fraction of sp³-hybridized carbons (Fsp3) is 0.478. The number of methoxy groups -OCH3 is 2. The van der Waals surface area contributed by atoms with E-state index in [4.69, 9.17) is 21.1 Å². The highest BCUT2D eigenvalue weighted by atomic mass is 79.9. The first-order chi connectivity index (χ1) is 17.2. The average molecular weight is 601 g/mol. The number of carbonyl (C=O) groups is 2. The number of hydrogen-bond donors (Lipinski definition) is 2. The van der Waals surface area contributed by atoms with E-state index in [-0.39, 0.29) is 22.7 Å². The Balaban J connectivity index is 1.52. The third kappa shape index (κ3) is 5.37. The Morgan fingerprint density at radius 3 is 2.81 bits per heavy atom. The Labute approximate surface area is 225 Å². The maximum atomic E-state index is 13.0. The van der Waals surface area contributed by atoms with Crippen molar-refractivity contribution in [1.29, 1.82) is 0 Å². The van der Waals surface area contributed by atoms with Gasteiger partial charge < -0.3 is 29.0 Å². The van der Waals surface area contributed by atoms with Crippen LogP contribution in [0.1, 0.15) is 38.7 Å². The first-order valence-corrected chi connectivity index (χ1v) is 13.3. The number of H-pyrrole nitrogens is 1. The minimum atomic E-state index is -1.05. The normalized spacial score (nSPS) is 18.1. The summed E-state index contributed by atoms with van der Waals surface area (Å²) in [5.74, 6) is -0.602. The number of ketones is 1. The highest BCUT2D eigenvalue weighted by molar-refractivity contribution is 9.10. The zero-order chi connectivity index (χ0) is 26.0. The monoisotopic (exact) mass is 599 g/mol. The number of aromatic amines is 1. The summed E-state index contributed by atoms with van der Waals surface area (Å²) in [4.78, 5) is 39.3. The van der Waals surface area contributed by atoms with Crippen molar-refractivity contribution >= 4 is 55.8 Å². The number of carboxylic acid groups (broad SMARTS) is 1. The van der Waals surface area contributed by atoms with E-state index in [0.717, 1.165) is 17.0 Å². The van der Waals surface area contributed by atoms with Crippen molar-refractivity contribution in [3.05, 3.63) is 38.2 Å². The van der Waals surface area contributed by atoms with Gasteiger partial charge >= 0.3 is 5.97 Å². The van der Waals surface area contributed by atoms with E-state index in [1.807, 2.05) is 16.4 Å². The van der Waals surface area contributed by atoms with E-state index < -0.39 is 5.97 Å². The fourth-order valence-corrected chi connectivity index (χ4v) is 6.07. The quantitative estimate of drug-likeness (QED) is 0.326. The number of nitrogens with zero attached hydrogens (tertiary/aromatic N) is 4. The molecule has 0 saturated carbocycles. The van der Waals surface area contributed by atoms with Gasteiger partial charge in [0.2, 0.25) is 0 Å². The lowest BCUT2D eigenvalue weighted by molar-refractivity contribution is 0.0374. The Kier molecular flexibility index (Phi) is 8.51. The van der Waals surface area contributed by atoms with Crippen LogP contribution in [-0.2, 0) is 16.0 Å². The van der Waals surface area contributed by atoms with Crippen LogP contribution in [0, 0.1) is 12.8 Å². The van der Waals surface area contributed by atoms with Gasteiger partial charge in [0.25, 0.3) is 0 Å². The number of aryl methyl sites for hydroxylation is 1. The predicted octanol–water partition coefficient (Wildman–Crippen LogP) is 4.52. The van der Waals surface area contributed by atoms with Gasteiger partial charge in [-0.3, -0.25) is 4.79 Å². The van der Waals surface area contributed by atoms with Gasteiger partial charge in [-0.2, -0.15) is 0 Å². The smallest absolute Gasteiger partial charge is 0.348 e. The summed E-state index contributed by atoms with van der Waals surface area (Å²) in [5.41, 5.74) is 1.54. The molecular formula is C23H27BrClN5O5S. The molecule has 0 spiro atoms. The number of Topliss-reactive ketones (excluding diaryl/α,β-unsaturated/α-hetero) is 1. The molecular weight excluding hydrogens is 574 g/mol. The van der Waals surface area contributed by atoms with E-state index in [2.05, 4.69) is 30.9 Å². The summed E-state index contributed by atoms with van der Waals surface area (Å²) >= 11 is 10.7. The number of carbonyl (C=O) groups excluding carboxylic acids is 1. The van der Waals surface area contributed by atoms with Crippen molar-refractivity contribution in [3.63, 3.8) is 0 Å². The standard InChI is InChI=1S/C23H27BrClN5O5S/c1-12-17(25)16(24)18(27-12)14(31)10-13-4-6-30(11-15(13)35-3)23-28-19(20(36-23)22(32)33)21-26-5-7-29(21)8-9-34-2/h5,7,13,15,27H,4,6,8-11H2,1-3H3,(H,32,33)/t13-,15-/m0/s1. The molecule has 0 unspecified atom stereocenters. The third-order valence-electron chi connectivity index (χ3n) is 6.32. The van der Waals surface area contributed by atoms with E-state index >= 15 is 0 Å². The molecule has 1 aliphatic heterocycles. The molecule has 0 bridgehead atoms. The summed E-state index contributed by atoms with van der Waals surface area (Å²) in [5, 5.41) is 10.9. The van der Waals surface area contributed by atoms with Gasteiger partial charge in [-0.1, -0.05) is 22.9 Å². The molecule has 36 heavy (non-hydrogen) atoms. The molecule has 10 nitrogen and oxygen atoms in total. The molecule has 4 heterocycles. The van der Waals surface area contributed by atoms with Crippen molar-refractivity contribution in [2.45, 2.75) is 32.4 Å². The maximum absolute atomic E-state index is 13.0. The van der Waals surface area contributed by atoms with Gasteiger partial charge in [-0.25, -0.2) is 14.8 Å². The number of carboxylic acids is 1. The topological polar surface area (TPSA) is 123 Å². The number of hydrogen-bond acceptors (Lipinski definition) is 8. The molecule has 194 valence electrons. The molecule has 1 fully saturated rings. The third-order valence-corrected chi connectivity index (χ3v) is 8.92. The predicted molar refractivity (Wildman–Crippen MR) is 140 cm³/mol. The second-order valence-corrected chi connectivity index (χ2v) is 10.7. The first kappa shape index (κ1) is 26.8. The van der Waals surface area contributed by atoms with Crippen LogP contribution < -0.4 is 4.90 Å². The van der Waals surface area contributed by atoms with Gasteiger partial charge in [0.1, 0.15) is 10.6 Å². The fourth-order valence-electron chi connectivity index (χ4n) is 4.38. The van der Waals surface area contributed by atoms with E-state index in [1.165, 1.54) is 0 Å². The van der Waals surface area contributed by atoms with Crippen LogP contribution in [0.25, 0.3) is 11.5 Å². The molecule has 0 radical (unpaired) electrons. The minimum Gasteiger partial charge on any atom is -0.477 e. The molecule has 2 atom stereocenters. The number of aromatic carboxylic acids is 1. The first-order valence-electron chi connectivity index (χ1n) is 11.3. The van der Waals surface area contributed by atoms with Crippen LogP contribution in [0.2, 0.25) is 5.02 Å². The molecule has 3 aromatic rings. The number of piperidine rings is 1. The molecule has 0 aromatic carbocycles. The average Bonchev–Trinajstić information content (AvgIpc) is 3.57. The van der Waals surface area contributed by atoms with Crippen molar-refractivity contribution < 1.29 is 24.2 Å². The van der Waals surface area contributed by atoms with Crippen LogP contribution in [0.5, 0.6) is 0 Å². The summed E-state index contributed by atoms with van der Waals surface area (Å²) in [6.45, 7) is 3.93. The largest absolute Gasteiger partial charge is 0.477 e. The lowest BCUT2D eigenvalue weighted by Gasteiger charge is -2.37. The number of ether oxygens (including phenoxy) is 2. The Morgan fingerprint density at radius 1 is 1.39 bits per heavy atom. The molecule has 0 aliphatic carbocycles. The number of nitrogens with one attached hydrogen (secondary N) is 1. The van der Waals surface area contributed by atoms with Gasteiger partial charge in [0, 0.05) is 58.4 Å². The SMILES string of the molecule is COCCn1ccnc1-c1nc(N2CC[C@@H](CC(=O)c3[nH]c(C)c(Cl)c3Br)[C@@H](OC)C2)sc1C(=O)O. The van der Waals surface area contributed by atoms with Crippen LogP contribution >= 0.6 is 38.9 Å². The summed E-state index contributed by atoms with van der Waals surface area (Å²) < 4.78 is 13.3. The highest BCUT2D eigenvalue weighted by Gasteiger charge is 2.34. The second-order valence-electron chi connectivity index (χ2n) is 8.57. The number of imidazole rings is 1. The van der Waals surface area contributed by atoms with Crippen LogP contribution in [0.4, 0.5) is 5.13 Å². The molecule has 1 aliphatic rings. The summed E-state index contributed by atoms with van der Waals surface area (Å²) in [6, 6.07) is 0. The number of rotatable bonds is 10. The van der Waals surface area contributed by atoms with Gasteiger partial charge in [0.15, 0.2) is 16.7 Å². The van der Waals surface area contributed by atoms with Gasteiger partial charge in [-0.15, -0.1) is 0 Å². The minimum absolute atomic E-state index is 0.000601. The van der Waals surface area contributed by atoms with Crippen molar-refractivity contribution in [2.75, 3.05) is 38.8 Å². The van der Waals surface area contributed by atoms with Crippen LogP contribution in [0.15, 0.2) is 16.9 Å². The highest BCUT2D eigenvalue weighted by Crippen LogP contribution is 2.36. The molecule has 0 amide bonds. The van der Waals surface area contributed by atoms with E-state index in [1.54, 1.807) is 26.6 Å². The Bertz CT molecular complexity index is 1260. The molecule has 3 aromatic heterocycles. The van der Waals surface area contributed by atoms with Crippen molar-refractivity contribution in [2.24, 2.45) is 5.92 Å². The second kappa shape index (κ2) is 11.4. The molecule has 13 heteroatoms. The van der Waals surface area contributed by atoms with E-state index in [0.29, 0.717) is 70.9 Å². The number of aromatic nitrogens is 4. The van der Waals surface area contributed by atoms with Gasteiger partial charge in [-0.05, 0) is 35.2 Å². The van der Waals surface area contributed by atoms with E-state index in [9.17, 15) is 14.7 Å². The number of thiazole rings is 1. The number of halogens is 2. The molecule has 4 rings (SSSR count). The molecule has 2 N–H and O–H groups in total. The Hall–Kier alpha value is -2.25. The van der Waals surface area contributed by atoms with Crippen molar-refractivity contribution in [1.82, 2.24) is 19.5 Å². The zero-order valence-corrected chi connectivity index (χ0v) is 23.2. The molecule has 1 saturated heterocycles. The zero-order valence-electron chi connectivity index (χ0n) is 20.1.